The van der Waals surface area contributed by atoms with E-state index in [2.05, 4.69) is 10.1 Å². The molecule has 0 fully saturated rings. The summed E-state index contributed by atoms with van der Waals surface area (Å²) in [6, 6.07) is 7.96. The van der Waals surface area contributed by atoms with Gasteiger partial charge in [-0.2, -0.15) is 0 Å². The Morgan fingerprint density at radius 3 is 2.23 bits per heavy atom. The number of carbonyl (C=O) groups excluding carboxylic acids is 3. The zero-order valence-electron chi connectivity index (χ0n) is 13.5. The van der Waals surface area contributed by atoms with Crippen molar-refractivity contribution in [3.8, 4) is 0 Å². The molecule has 22 heavy (non-hydrogen) atoms. The predicted molar refractivity (Wildman–Crippen MR) is 83.3 cm³/mol. The number of carbonyl (C=O) groups is 3. The minimum Gasteiger partial charge on any atom is -0.468 e. The van der Waals surface area contributed by atoms with Crippen LogP contribution in [0, 0.1) is 11.8 Å². The second kappa shape index (κ2) is 8.32. The maximum atomic E-state index is 12.5. The molecule has 5 heteroatoms. The summed E-state index contributed by atoms with van der Waals surface area (Å²) in [5, 5.41) is 2.75. The molecule has 1 rings (SSSR count). The van der Waals surface area contributed by atoms with E-state index in [1.54, 1.807) is 24.3 Å². The first-order valence-corrected chi connectivity index (χ1v) is 7.39. The maximum Gasteiger partial charge on any atom is 0.315 e. The summed E-state index contributed by atoms with van der Waals surface area (Å²) >= 11 is 0. The molecule has 1 amide bonds. The number of ketones is 1. The van der Waals surface area contributed by atoms with E-state index >= 15 is 0 Å². The fraction of sp³-hybridized carbons (Fsp3) is 0.471. The molecular formula is C17H23NO4. The lowest BCUT2D eigenvalue weighted by Gasteiger charge is -2.25. The summed E-state index contributed by atoms with van der Waals surface area (Å²) in [5.41, 5.74) is 0.481. The van der Waals surface area contributed by atoms with Gasteiger partial charge in [0.2, 0.25) is 0 Å². The lowest BCUT2D eigenvalue weighted by Crippen LogP contribution is -2.48. The quantitative estimate of drug-likeness (QED) is 0.619. The minimum absolute atomic E-state index is 0.0766. The highest BCUT2D eigenvalue weighted by Gasteiger charge is 2.33. The smallest absolute Gasteiger partial charge is 0.315 e. The minimum atomic E-state index is -0.903. The summed E-state index contributed by atoms with van der Waals surface area (Å²) < 4.78 is 4.61. The average Bonchev–Trinajstić information content (AvgIpc) is 2.57. The van der Waals surface area contributed by atoms with E-state index in [9.17, 15) is 14.4 Å². The Morgan fingerprint density at radius 1 is 1.14 bits per heavy atom. The van der Waals surface area contributed by atoms with Gasteiger partial charge in [0.1, 0.15) is 5.92 Å². The molecule has 0 aromatic heterocycles. The van der Waals surface area contributed by atoms with Crippen LogP contribution in [0.1, 0.15) is 37.6 Å². The molecule has 1 N–H and O–H groups in total. The van der Waals surface area contributed by atoms with Crippen LogP contribution in [0.3, 0.4) is 0 Å². The zero-order chi connectivity index (χ0) is 16.7. The number of rotatable bonds is 7. The molecule has 0 aliphatic heterocycles. The molecule has 0 saturated heterocycles. The van der Waals surface area contributed by atoms with E-state index in [0.717, 1.165) is 0 Å². The SMILES string of the molecule is CCC(C)C(NC(=O)c1ccccc1)C(=O)C(C)C(=O)OC. The second-order valence-electron chi connectivity index (χ2n) is 5.35. The van der Waals surface area contributed by atoms with Crippen molar-refractivity contribution in [2.45, 2.75) is 33.2 Å². The van der Waals surface area contributed by atoms with Gasteiger partial charge in [0, 0.05) is 5.56 Å². The maximum absolute atomic E-state index is 12.5. The Hall–Kier alpha value is -2.17. The molecule has 3 atom stereocenters. The molecule has 1 aromatic rings. The van der Waals surface area contributed by atoms with Crippen molar-refractivity contribution < 1.29 is 19.1 Å². The summed E-state index contributed by atoms with van der Waals surface area (Å²) in [6.07, 6.45) is 0.708. The summed E-state index contributed by atoms with van der Waals surface area (Å²) in [7, 11) is 1.24. The molecule has 0 spiro atoms. The van der Waals surface area contributed by atoms with Gasteiger partial charge in [0.15, 0.2) is 5.78 Å². The van der Waals surface area contributed by atoms with Crippen molar-refractivity contribution in [2.24, 2.45) is 11.8 Å². The Morgan fingerprint density at radius 2 is 1.73 bits per heavy atom. The summed E-state index contributed by atoms with van der Waals surface area (Å²) in [5.74, 6) is -2.22. The molecule has 1 aromatic carbocycles. The number of nitrogens with one attached hydrogen (secondary N) is 1. The molecular weight excluding hydrogens is 282 g/mol. The van der Waals surface area contributed by atoms with Crippen molar-refractivity contribution >= 4 is 17.7 Å². The van der Waals surface area contributed by atoms with Crippen LogP contribution in [0.2, 0.25) is 0 Å². The molecule has 0 radical (unpaired) electrons. The first-order chi connectivity index (χ1) is 10.4. The zero-order valence-corrected chi connectivity index (χ0v) is 13.5. The van der Waals surface area contributed by atoms with Crippen LogP contribution < -0.4 is 5.32 Å². The van der Waals surface area contributed by atoms with Crippen molar-refractivity contribution in [2.75, 3.05) is 7.11 Å². The van der Waals surface area contributed by atoms with Crippen molar-refractivity contribution in [1.82, 2.24) is 5.32 Å². The highest BCUT2D eigenvalue weighted by molar-refractivity contribution is 6.04. The molecule has 0 aliphatic rings. The van der Waals surface area contributed by atoms with Gasteiger partial charge in [0.25, 0.3) is 5.91 Å². The van der Waals surface area contributed by atoms with Gasteiger partial charge in [-0.3, -0.25) is 14.4 Å². The van der Waals surface area contributed by atoms with E-state index in [1.807, 2.05) is 19.9 Å². The fourth-order valence-corrected chi connectivity index (χ4v) is 2.11. The molecule has 120 valence electrons. The van der Waals surface area contributed by atoms with Gasteiger partial charge < -0.3 is 10.1 Å². The number of esters is 1. The number of hydrogen-bond acceptors (Lipinski definition) is 4. The normalized spacial score (nSPS) is 14.5. The molecule has 0 heterocycles. The van der Waals surface area contributed by atoms with E-state index < -0.39 is 17.9 Å². The third-order valence-electron chi connectivity index (χ3n) is 3.82. The lowest BCUT2D eigenvalue weighted by molar-refractivity contribution is -0.149. The van der Waals surface area contributed by atoms with Gasteiger partial charge in [-0.15, -0.1) is 0 Å². The average molecular weight is 305 g/mol. The van der Waals surface area contributed by atoms with E-state index in [-0.39, 0.29) is 17.6 Å². The number of hydrogen-bond donors (Lipinski definition) is 1. The Bertz CT molecular complexity index is 527. The predicted octanol–water partition coefficient (Wildman–Crippen LogP) is 2.21. The van der Waals surface area contributed by atoms with E-state index in [0.29, 0.717) is 12.0 Å². The van der Waals surface area contributed by atoms with Crippen LogP contribution in [-0.4, -0.2) is 30.8 Å². The monoisotopic (exact) mass is 305 g/mol. The van der Waals surface area contributed by atoms with Crippen molar-refractivity contribution in [1.29, 1.82) is 0 Å². The topological polar surface area (TPSA) is 72.5 Å². The summed E-state index contributed by atoms with van der Waals surface area (Å²) in [6.45, 7) is 5.30. The van der Waals surface area contributed by atoms with Crippen LogP contribution in [0.25, 0.3) is 0 Å². The van der Waals surface area contributed by atoms with Gasteiger partial charge >= 0.3 is 5.97 Å². The summed E-state index contributed by atoms with van der Waals surface area (Å²) in [4.78, 5) is 36.3. The Kier molecular flexibility index (Phi) is 6.76. The first-order valence-electron chi connectivity index (χ1n) is 7.39. The Labute approximate surface area is 131 Å². The van der Waals surface area contributed by atoms with Crippen LogP contribution in [-0.2, 0) is 14.3 Å². The number of methoxy groups -OCH3 is 1. The van der Waals surface area contributed by atoms with E-state index in [1.165, 1.54) is 14.0 Å². The van der Waals surface area contributed by atoms with Gasteiger partial charge in [0.05, 0.1) is 13.2 Å². The van der Waals surface area contributed by atoms with Crippen LogP contribution in [0.15, 0.2) is 30.3 Å². The van der Waals surface area contributed by atoms with Crippen LogP contribution in [0.5, 0.6) is 0 Å². The van der Waals surface area contributed by atoms with Gasteiger partial charge in [-0.25, -0.2) is 0 Å². The van der Waals surface area contributed by atoms with E-state index in [4.69, 9.17) is 0 Å². The molecule has 0 aliphatic carbocycles. The van der Waals surface area contributed by atoms with Crippen molar-refractivity contribution in [3.05, 3.63) is 35.9 Å². The van der Waals surface area contributed by atoms with Crippen LogP contribution >= 0.6 is 0 Å². The largest absolute Gasteiger partial charge is 0.468 e. The highest BCUT2D eigenvalue weighted by Crippen LogP contribution is 2.15. The lowest BCUT2D eigenvalue weighted by atomic mass is 9.89. The van der Waals surface area contributed by atoms with Crippen molar-refractivity contribution in [3.63, 3.8) is 0 Å². The molecule has 3 unspecified atom stereocenters. The van der Waals surface area contributed by atoms with Crippen LogP contribution in [0.4, 0.5) is 0 Å². The van der Waals surface area contributed by atoms with Gasteiger partial charge in [-0.05, 0) is 25.0 Å². The number of amides is 1. The molecule has 5 nitrogen and oxygen atoms in total. The van der Waals surface area contributed by atoms with Gasteiger partial charge in [-0.1, -0.05) is 38.5 Å². The third kappa shape index (κ3) is 4.41. The number of Topliss-reactive ketones (excluding diaryl/α,β-unsaturated/α-hetero) is 1. The number of ether oxygens (including phenoxy) is 1. The Balaban J connectivity index is 2.92. The standard InChI is InChI=1S/C17H23NO4/c1-5-11(2)14(15(19)12(3)17(21)22-4)18-16(20)13-9-7-6-8-10-13/h6-12,14H,5H2,1-4H3,(H,18,20). The molecule has 0 bridgehead atoms. The molecule has 0 saturated carbocycles. The highest BCUT2D eigenvalue weighted by atomic mass is 16.5. The number of benzene rings is 1. The third-order valence-corrected chi connectivity index (χ3v) is 3.82. The fourth-order valence-electron chi connectivity index (χ4n) is 2.11. The second-order valence-corrected chi connectivity index (χ2v) is 5.35. The first kappa shape index (κ1) is 17.9.